The van der Waals surface area contributed by atoms with Crippen LogP contribution in [0.25, 0.3) is 0 Å². The summed E-state index contributed by atoms with van der Waals surface area (Å²) in [5.41, 5.74) is -0.702. The second kappa shape index (κ2) is 7.72. The molecule has 6 nitrogen and oxygen atoms in total. The molecule has 0 bridgehead atoms. The van der Waals surface area contributed by atoms with Crippen molar-refractivity contribution in [3.63, 3.8) is 0 Å². The SMILES string of the molecule is CC(C(=O)NC(C)(C)C)N1CCC(N(C)C(=O)OC(C)(C)C)CC1. The van der Waals surface area contributed by atoms with Crippen LogP contribution in [-0.2, 0) is 9.53 Å². The number of carbonyl (C=O) groups is 2. The number of amides is 2. The Morgan fingerprint density at radius 2 is 1.62 bits per heavy atom. The van der Waals surface area contributed by atoms with Gasteiger partial charge < -0.3 is 15.0 Å². The van der Waals surface area contributed by atoms with Gasteiger partial charge in [-0.1, -0.05) is 0 Å². The first-order valence-corrected chi connectivity index (χ1v) is 8.82. The van der Waals surface area contributed by atoms with E-state index in [1.165, 1.54) is 0 Å². The molecule has 0 radical (unpaired) electrons. The molecule has 1 saturated heterocycles. The summed E-state index contributed by atoms with van der Waals surface area (Å²) in [7, 11) is 1.80. The number of rotatable bonds is 3. The van der Waals surface area contributed by atoms with Crippen molar-refractivity contribution in [1.82, 2.24) is 15.1 Å². The van der Waals surface area contributed by atoms with E-state index >= 15 is 0 Å². The number of carbonyl (C=O) groups excluding carboxylic acids is 2. The van der Waals surface area contributed by atoms with Crippen LogP contribution in [0.15, 0.2) is 0 Å². The van der Waals surface area contributed by atoms with E-state index in [0.29, 0.717) is 0 Å². The number of hydrogen-bond acceptors (Lipinski definition) is 4. The molecule has 0 aromatic rings. The maximum absolute atomic E-state index is 12.3. The predicted octanol–water partition coefficient (Wildman–Crippen LogP) is 2.62. The third kappa shape index (κ3) is 6.67. The van der Waals surface area contributed by atoms with Gasteiger partial charge in [0.1, 0.15) is 5.60 Å². The molecule has 0 aromatic carbocycles. The molecule has 0 aliphatic carbocycles. The third-order valence-corrected chi connectivity index (χ3v) is 4.15. The van der Waals surface area contributed by atoms with Gasteiger partial charge in [-0.3, -0.25) is 9.69 Å². The van der Waals surface area contributed by atoms with Gasteiger partial charge in [-0.25, -0.2) is 4.79 Å². The highest BCUT2D eigenvalue weighted by atomic mass is 16.6. The van der Waals surface area contributed by atoms with Gasteiger partial charge in [0.15, 0.2) is 0 Å². The normalized spacial score (nSPS) is 18.8. The van der Waals surface area contributed by atoms with E-state index in [0.717, 1.165) is 25.9 Å². The van der Waals surface area contributed by atoms with Crippen LogP contribution in [0.3, 0.4) is 0 Å². The highest BCUT2D eigenvalue weighted by Crippen LogP contribution is 2.20. The van der Waals surface area contributed by atoms with Gasteiger partial charge in [0, 0.05) is 31.7 Å². The fraction of sp³-hybridized carbons (Fsp3) is 0.889. The van der Waals surface area contributed by atoms with Crippen LogP contribution < -0.4 is 5.32 Å². The van der Waals surface area contributed by atoms with E-state index in [1.54, 1.807) is 11.9 Å². The van der Waals surface area contributed by atoms with Crippen molar-refractivity contribution in [2.75, 3.05) is 20.1 Å². The Labute approximate surface area is 146 Å². The van der Waals surface area contributed by atoms with Crippen LogP contribution in [0.1, 0.15) is 61.3 Å². The minimum atomic E-state index is -0.481. The Morgan fingerprint density at radius 1 is 1.12 bits per heavy atom. The predicted molar refractivity (Wildman–Crippen MR) is 95.9 cm³/mol. The van der Waals surface area contributed by atoms with Crippen molar-refractivity contribution in [2.45, 2.75) is 84.5 Å². The average molecular weight is 341 g/mol. The summed E-state index contributed by atoms with van der Waals surface area (Å²) in [6.45, 7) is 15.1. The summed E-state index contributed by atoms with van der Waals surface area (Å²) in [5, 5.41) is 3.03. The molecular formula is C18H35N3O3. The molecule has 1 fully saturated rings. The third-order valence-electron chi connectivity index (χ3n) is 4.15. The van der Waals surface area contributed by atoms with Crippen LogP contribution >= 0.6 is 0 Å². The number of piperidine rings is 1. The van der Waals surface area contributed by atoms with Crippen molar-refractivity contribution < 1.29 is 14.3 Å². The standard InChI is InChI=1S/C18H35N3O3/c1-13(15(22)19-17(2,3)4)21-11-9-14(10-12-21)20(8)16(23)24-18(5,6)7/h13-14H,9-12H2,1-8H3,(H,19,22). The lowest BCUT2D eigenvalue weighted by molar-refractivity contribution is -0.128. The van der Waals surface area contributed by atoms with Crippen molar-refractivity contribution in [2.24, 2.45) is 0 Å². The van der Waals surface area contributed by atoms with Crippen molar-refractivity contribution in [1.29, 1.82) is 0 Å². The Bertz CT molecular complexity index is 401. The lowest BCUT2D eigenvalue weighted by Crippen LogP contribution is -2.54. The minimum Gasteiger partial charge on any atom is -0.444 e. The molecule has 1 unspecified atom stereocenters. The van der Waals surface area contributed by atoms with Crippen molar-refractivity contribution >= 4 is 12.0 Å². The summed E-state index contributed by atoms with van der Waals surface area (Å²) >= 11 is 0. The summed E-state index contributed by atoms with van der Waals surface area (Å²) in [5.74, 6) is 0.0569. The molecule has 1 N–H and O–H groups in total. The molecule has 0 aromatic heterocycles. The first-order chi connectivity index (χ1) is 10.8. The van der Waals surface area contributed by atoms with Crippen LogP contribution in [0.4, 0.5) is 4.79 Å². The molecule has 1 rings (SSSR count). The number of nitrogens with one attached hydrogen (secondary N) is 1. The number of ether oxygens (including phenoxy) is 1. The number of hydrogen-bond donors (Lipinski definition) is 1. The minimum absolute atomic E-state index is 0.0569. The molecule has 0 spiro atoms. The highest BCUT2D eigenvalue weighted by Gasteiger charge is 2.32. The fourth-order valence-corrected chi connectivity index (χ4v) is 2.78. The average Bonchev–Trinajstić information content (AvgIpc) is 2.42. The Morgan fingerprint density at radius 3 is 2.04 bits per heavy atom. The van der Waals surface area contributed by atoms with E-state index in [2.05, 4.69) is 10.2 Å². The molecule has 24 heavy (non-hydrogen) atoms. The second-order valence-electron chi connectivity index (χ2n) is 8.77. The van der Waals surface area contributed by atoms with Crippen LogP contribution in [0, 0.1) is 0 Å². The molecule has 1 atom stereocenters. The molecule has 1 heterocycles. The Hall–Kier alpha value is -1.30. The second-order valence-corrected chi connectivity index (χ2v) is 8.77. The topological polar surface area (TPSA) is 61.9 Å². The molecule has 6 heteroatoms. The van der Waals surface area contributed by atoms with Crippen LogP contribution in [-0.4, -0.2) is 65.2 Å². The molecule has 1 aliphatic heterocycles. The molecule has 0 saturated carbocycles. The first kappa shape index (κ1) is 20.7. The van der Waals surface area contributed by atoms with E-state index in [-0.39, 0.29) is 29.6 Å². The fourth-order valence-electron chi connectivity index (χ4n) is 2.78. The first-order valence-electron chi connectivity index (χ1n) is 8.82. The lowest BCUT2D eigenvalue weighted by Gasteiger charge is -2.39. The Balaban J connectivity index is 2.51. The molecule has 1 aliphatic rings. The van der Waals surface area contributed by atoms with E-state index in [4.69, 9.17) is 4.74 Å². The van der Waals surface area contributed by atoms with Gasteiger partial charge in [-0.2, -0.15) is 0 Å². The highest BCUT2D eigenvalue weighted by molar-refractivity contribution is 5.82. The van der Waals surface area contributed by atoms with Gasteiger partial charge in [0.25, 0.3) is 0 Å². The van der Waals surface area contributed by atoms with Gasteiger partial charge in [0.2, 0.25) is 5.91 Å². The Kier molecular flexibility index (Phi) is 6.67. The summed E-state index contributed by atoms with van der Waals surface area (Å²) in [4.78, 5) is 28.3. The van der Waals surface area contributed by atoms with E-state index < -0.39 is 5.60 Å². The maximum Gasteiger partial charge on any atom is 0.410 e. The van der Waals surface area contributed by atoms with Crippen molar-refractivity contribution in [3.05, 3.63) is 0 Å². The molecular weight excluding hydrogens is 306 g/mol. The number of nitrogens with zero attached hydrogens (tertiary/aromatic N) is 2. The zero-order chi connectivity index (χ0) is 18.7. The van der Waals surface area contributed by atoms with Crippen LogP contribution in [0.5, 0.6) is 0 Å². The lowest BCUT2D eigenvalue weighted by atomic mass is 10.0. The largest absolute Gasteiger partial charge is 0.444 e. The van der Waals surface area contributed by atoms with E-state index in [9.17, 15) is 9.59 Å². The number of likely N-dealkylation sites (tertiary alicyclic amines) is 1. The summed E-state index contributed by atoms with van der Waals surface area (Å²) in [6.07, 6.45) is 1.42. The van der Waals surface area contributed by atoms with Crippen LogP contribution in [0.2, 0.25) is 0 Å². The quantitative estimate of drug-likeness (QED) is 0.857. The van der Waals surface area contributed by atoms with Crippen molar-refractivity contribution in [3.8, 4) is 0 Å². The summed E-state index contributed by atoms with van der Waals surface area (Å²) in [6, 6.07) is 0.00554. The summed E-state index contributed by atoms with van der Waals surface area (Å²) < 4.78 is 5.43. The molecule has 140 valence electrons. The zero-order valence-corrected chi connectivity index (χ0v) is 16.6. The molecule has 2 amide bonds. The van der Waals surface area contributed by atoms with Gasteiger partial charge in [0.05, 0.1) is 6.04 Å². The van der Waals surface area contributed by atoms with Gasteiger partial charge in [-0.05, 0) is 61.3 Å². The van der Waals surface area contributed by atoms with E-state index in [1.807, 2.05) is 48.5 Å². The monoisotopic (exact) mass is 341 g/mol. The van der Waals surface area contributed by atoms with Gasteiger partial charge >= 0.3 is 6.09 Å². The maximum atomic E-state index is 12.3. The zero-order valence-electron chi connectivity index (χ0n) is 16.6. The smallest absolute Gasteiger partial charge is 0.410 e. The van der Waals surface area contributed by atoms with Gasteiger partial charge in [-0.15, -0.1) is 0 Å².